The number of carbonyl (C=O) groups excluding carboxylic acids is 1. The molecule has 2 aromatic heterocycles. The van der Waals surface area contributed by atoms with Crippen LogP contribution in [0.4, 0.5) is 10.2 Å². The van der Waals surface area contributed by atoms with Crippen molar-refractivity contribution in [3.05, 3.63) is 53.6 Å². The summed E-state index contributed by atoms with van der Waals surface area (Å²) in [6.45, 7) is 0.945. The minimum Gasteiger partial charge on any atom is -0.491 e. The largest absolute Gasteiger partial charge is 0.491 e. The van der Waals surface area contributed by atoms with Crippen molar-refractivity contribution in [3.63, 3.8) is 0 Å². The summed E-state index contributed by atoms with van der Waals surface area (Å²) in [5.74, 6) is 0.531. The number of anilines is 1. The first-order chi connectivity index (χ1) is 13.1. The normalized spacial score (nSPS) is 13.7. The summed E-state index contributed by atoms with van der Waals surface area (Å²) in [5.41, 5.74) is 1.52. The van der Waals surface area contributed by atoms with Crippen molar-refractivity contribution < 1.29 is 18.7 Å². The smallest absolute Gasteiger partial charge is 0.256 e. The number of ether oxygens (including phenoxy) is 2. The van der Waals surface area contributed by atoms with Crippen LogP contribution in [-0.4, -0.2) is 47.9 Å². The van der Waals surface area contributed by atoms with Gasteiger partial charge in [-0.05, 0) is 24.3 Å². The van der Waals surface area contributed by atoms with Gasteiger partial charge in [0.2, 0.25) is 0 Å². The zero-order valence-electron chi connectivity index (χ0n) is 15.0. The zero-order valence-corrected chi connectivity index (χ0v) is 15.0. The van der Waals surface area contributed by atoms with E-state index in [-0.39, 0.29) is 18.3 Å². The maximum absolute atomic E-state index is 13.5. The number of methoxy groups -OCH3 is 1. The van der Waals surface area contributed by atoms with Crippen molar-refractivity contribution in [3.8, 4) is 5.75 Å². The Morgan fingerprint density at radius 3 is 2.89 bits per heavy atom. The van der Waals surface area contributed by atoms with Gasteiger partial charge in [-0.15, -0.1) is 0 Å². The molecule has 27 heavy (non-hydrogen) atoms. The monoisotopic (exact) mass is 373 g/mol. The maximum Gasteiger partial charge on any atom is 0.256 e. The van der Waals surface area contributed by atoms with Crippen molar-refractivity contribution in [2.75, 3.05) is 32.7 Å². The van der Waals surface area contributed by atoms with Gasteiger partial charge in [0.25, 0.3) is 5.91 Å². The van der Waals surface area contributed by atoms with Gasteiger partial charge in [0, 0.05) is 32.5 Å². The number of carbonyl (C=O) groups is 1. The maximum atomic E-state index is 13.5. The molecule has 2 bridgehead atoms. The lowest BCUT2D eigenvalue weighted by Crippen LogP contribution is -2.28. The lowest BCUT2D eigenvalue weighted by atomic mass is 10.2. The van der Waals surface area contributed by atoms with Crippen LogP contribution in [0, 0.1) is 5.82 Å². The van der Waals surface area contributed by atoms with Gasteiger partial charge >= 0.3 is 0 Å². The molecule has 0 unspecified atom stereocenters. The molecular formula is C18H20FN5O3. The highest BCUT2D eigenvalue weighted by Crippen LogP contribution is 2.21. The van der Waals surface area contributed by atoms with E-state index in [1.54, 1.807) is 32.5 Å². The predicted molar refractivity (Wildman–Crippen MR) is 97.5 cm³/mol. The Kier molecular flexibility index (Phi) is 5.82. The third kappa shape index (κ3) is 4.32. The highest BCUT2D eigenvalue weighted by Gasteiger charge is 2.15. The number of benzene rings is 1. The van der Waals surface area contributed by atoms with E-state index in [1.807, 2.05) is 0 Å². The molecule has 0 aliphatic carbocycles. The fourth-order valence-electron chi connectivity index (χ4n) is 2.56. The summed E-state index contributed by atoms with van der Waals surface area (Å²) >= 11 is 0. The molecule has 9 heteroatoms. The molecular weight excluding hydrogens is 353 g/mol. The molecule has 1 aromatic carbocycles. The summed E-state index contributed by atoms with van der Waals surface area (Å²) in [6, 6.07) is 6.08. The molecule has 0 atom stereocenters. The fourth-order valence-corrected chi connectivity index (χ4v) is 2.56. The molecule has 1 aliphatic heterocycles. The van der Waals surface area contributed by atoms with E-state index >= 15 is 0 Å². The average molecular weight is 373 g/mol. The van der Waals surface area contributed by atoms with Crippen molar-refractivity contribution in [2.45, 2.75) is 6.54 Å². The molecule has 0 saturated heterocycles. The first-order valence-electron chi connectivity index (χ1n) is 8.30. The van der Waals surface area contributed by atoms with Gasteiger partial charge in [0.05, 0.1) is 12.7 Å². The second-order valence-electron chi connectivity index (χ2n) is 5.76. The number of nitrogens with zero attached hydrogens (tertiary/aromatic N) is 3. The minimum absolute atomic E-state index is 0.267. The number of halogens is 1. The standard InChI is InChI=1S/C16H14FN5O2.C2H6O/c17-11-1-2-13-10(7-11)8-19-14-3-5-22-15(21-14)12(9-20-22)16(23)18-4-6-24-13;1-3-2/h1-3,5,7,9H,4,6,8H2,(H,18,23)(H,19,21);1-2H3. The minimum atomic E-state index is -0.335. The van der Waals surface area contributed by atoms with Crippen LogP contribution >= 0.6 is 0 Å². The predicted octanol–water partition coefficient (Wildman–Crippen LogP) is 1.87. The Labute approximate surface area is 155 Å². The van der Waals surface area contributed by atoms with E-state index in [0.717, 1.165) is 0 Å². The summed E-state index contributed by atoms with van der Waals surface area (Å²) in [6.07, 6.45) is 3.19. The Morgan fingerprint density at radius 2 is 2.07 bits per heavy atom. The van der Waals surface area contributed by atoms with E-state index in [2.05, 4.69) is 25.5 Å². The number of fused-ring (bicyclic) bond motifs is 2. The van der Waals surface area contributed by atoms with Gasteiger partial charge in [-0.3, -0.25) is 4.79 Å². The first kappa shape index (κ1) is 18.6. The third-order valence-corrected chi connectivity index (χ3v) is 3.74. The highest BCUT2D eigenvalue weighted by atomic mass is 19.1. The van der Waals surface area contributed by atoms with Gasteiger partial charge < -0.3 is 20.1 Å². The Balaban J connectivity index is 0.000000659. The number of hydrogen-bond acceptors (Lipinski definition) is 6. The number of nitrogens with one attached hydrogen (secondary N) is 2. The number of amides is 1. The second-order valence-corrected chi connectivity index (χ2v) is 5.76. The SMILES string of the molecule is COC.O=C1NCCOc2ccc(F)cc2CNc2ccn3ncc1c3n2. The molecule has 3 heterocycles. The van der Waals surface area contributed by atoms with Gasteiger partial charge in [0.1, 0.15) is 29.6 Å². The van der Waals surface area contributed by atoms with Gasteiger partial charge in [-0.2, -0.15) is 5.10 Å². The van der Waals surface area contributed by atoms with Crippen LogP contribution < -0.4 is 15.4 Å². The van der Waals surface area contributed by atoms with Crippen LogP contribution in [0.15, 0.2) is 36.7 Å². The lowest BCUT2D eigenvalue weighted by Gasteiger charge is -2.12. The summed E-state index contributed by atoms with van der Waals surface area (Å²) < 4.78 is 25.0. The van der Waals surface area contributed by atoms with E-state index in [4.69, 9.17) is 4.74 Å². The van der Waals surface area contributed by atoms with Crippen LogP contribution in [0.1, 0.15) is 15.9 Å². The first-order valence-corrected chi connectivity index (χ1v) is 8.30. The fraction of sp³-hybridized carbons (Fsp3) is 0.278. The van der Waals surface area contributed by atoms with E-state index < -0.39 is 0 Å². The topological polar surface area (TPSA) is 89.8 Å². The summed E-state index contributed by atoms with van der Waals surface area (Å²) in [7, 11) is 3.25. The summed E-state index contributed by atoms with van der Waals surface area (Å²) in [5, 5.41) is 10.0. The van der Waals surface area contributed by atoms with Gasteiger partial charge in [0.15, 0.2) is 5.65 Å². The zero-order chi connectivity index (χ0) is 19.2. The van der Waals surface area contributed by atoms with Crippen LogP contribution in [0.5, 0.6) is 5.75 Å². The molecule has 0 fully saturated rings. The van der Waals surface area contributed by atoms with Crippen molar-refractivity contribution >= 4 is 17.4 Å². The molecule has 1 aliphatic rings. The average Bonchev–Trinajstić information content (AvgIpc) is 3.08. The molecule has 4 rings (SSSR count). The number of rotatable bonds is 0. The molecule has 2 N–H and O–H groups in total. The van der Waals surface area contributed by atoms with Gasteiger partial charge in [-0.25, -0.2) is 13.9 Å². The molecule has 1 amide bonds. The van der Waals surface area contributed by atoms with Crippen LogP contribution in [0.3, 0.4) is 0 Å². The van der Waals surface area contributed by atoms with Crippen LogP contribution in [0.25, 0.3) is 5.65 Å². The van der Waals surface area contributed by atoms with Crippen molar-refractivity contribution in [1.29, 1.82) is 0 Å². The molecule has 0 radical (unpaired) electrons. The molecule has 0 saturated carbocycles. The molecule has 142 valence electrons. The van der Waals surface area contributed by atoms with Gasteiger partial charge in [-0.1, -0.05) is 0 Å². The van der Waals surface area contributed by atoms with E-state index in [0.29, 0.717) is 41.4 Å². The molecule has 3 aromatic rings. The van der Waals surface area contributed by atoms with E-state index in [1.165, 1.54) is 22.8 Å². The van der Waals surface area contributed by atoms with Crippen LogP contribution in [-0.2, 0) is 11.3 Å². The lowest BCUT2D eigenvalue weighted by molar-refractivity contribution is 0.0948. The van der Waals surface area contributed by atoms with Crippen molar-refractivity contribution in [2.24, 2.45) is 0 Å². The molecule has 0 spiro atoms. The number of hydrogen-bond donors (Lipinski definition) is 2. The van der Waals surface area contributed by atoms with E-state index in [9.17, 15) is 9.18 Å². The van der Waals surface area contributed by atoms with Crippen LogP contribution in [0.2, 0.25) is 0 Å². The Bertz CT molecular complexity index is 944. The molecule has 8 nitrogen and oxygen atoms in total. The van der Waals surface area contributed by atoms with Crippen molar-refractivity contribution in [1.82, 2.24) is 19.9 Å². The third-order valence-electron chi connectivity index (χ3n) is 3.74. The number of aromatic nitrogens is 3. The quantitative estimate of drug-likeness (QED) is 0.625. The Morgan fingerprint density at radius 1 is 1.26 bits per heavy atom. The highest BCUT2D eigenvalue weighted by molar-refractivity contribution is 5.99. The second kappa shape index (κ2) is 8.45. The summed E-state index contributed by atoms with van der Waals surface area (Å²) in [4.78, 5) is 16.7. The Hall–Kier alpha value is -3.20.